The molecule has 0 radical (unpaired) electrons. The largest absolute Gasteiger partial charge is 0.315 e. The molecule has 0 aromatic carbocycles. The topological polar surface area (TPSA) is 59.8 Å². The molecule has 0 spiro atoms. The average molecular weight is 216 g/mol. The molecule has 3 rings (SSSR count). The minimum absolute atomic E-state index is 0.0695. The summed E-state index contributed by atoms with van der Waals surface area (Å²) in [7, 11) is 0. The summed E-state index contributed by atoms with van der Waals surface area (Å²) >= 11 is 0. The SMILES string of the molecule is O=c1cnc2cccnc2n1C1CCNC1. The van der Waals surface area contributed by atoms with Crippen molar-refractivity contribution in [1.29, 1.82) is 0 Å². The van der Waals surface area contributed by atoms with Crippen LogP contribution < -0.4 is 10.9 Å². The van der Waals surface area contributed by atoms with Gasteiger partial charge in [-0.1, -0.05) is 0 Å². The normalized spacial score (nSPS) is 20.4. The van der Waals surface area contributed by atoms with Gasteiger partial charge in [-0.05, 0) is 25.1 Å². The van der Waals surface area contributed by atoms with E-state index in [0.29, 0.717) is 5.65 Å². The van der Waals surface area contributed by atoms with Crippen molar-refractivity contribution in [3.63, 3.8) is 0 Å². The van der Waals surface area contributed by atoms with Gasteiger partial charge in [-0.15, -0.1) is 0 Å². The van der Waals surface area contributed by atoms with E-state index in [1.165, 1.54) is 6.20 Å². The fraction of sp³-hybridized carbons (Fsp3) is 0.364. The molecule has 3 heterocycles. The molecule has 0 amide bonds. The smallest absolute Gasteiger partial charge is 0.270 e. The Labute approximate surface area is 92.1 Å². The number of pyridine rings is 1. The summed E-state index contributed by atoms with van der Waals surface area (Å²) in [5.41, 5.74) is 1.39. The molecule has 0 bridgehead atoms. The third kappa shape index (κ3) is 1.40. The highest BCUT2D eigenvalue weighted by Crippen LogP contribution is 2.16. The van der Waals surface area contributed by atoms with Crippen molar-refractivity contribution in [2.24, 2.45) is 0 Å². The van der Waals surface area contributed by atoms with Gasteiger partial charge in [0.05, 0.1) is 12.2 Å². The van der Waals surface area contributed by atoms with Gasteiger partial charge in [0.25, 0.3) is 5.56 Å². The minimum atomic E-state index is -0.0695. The van der Waals surface area contributed by atoms with Crippen LogP contribution in [0.1, 0.15) is 12.5 Å². The Morgan fingerprint density at radius 1 is 1.44 bits per heavy atom. The van der Waals surface area contributed by atoms with Crippen LogP contribution in [0, 0.1) is 0 Å². The van der Waals surface area contributed by atoms with E-state index in [0.717, 1.165) is 25.0 Å². The Bertz CT molecular complexity index is 571. The van der Waals surface area contributed by atoms with Crippen LogP contribution in [-0.2, 0) is 0 Å². The molecule has 2 aromatic heterocycles. The van der Waals surface area contributed by atoms with Crippen LogP contribution in [0.4, 0.5) is 0 Å². The molecule has 5 heteroatoms. The molecular weight excluding hydrogens is 204 g/mol. The zero-order valence-electron chi connectivity index (χ0n) is 8.76. The van der Waals surface area contributed by atoms with Gasteiger partial charge in [0.15, 0.2) is 5.65 Å². The predicted octanol–water partition coefficient (Wildman–Crippen LogP) is 0.326. The van der Waals surface area contributed by atoms with Crippen LogP contribution in [0.3, 0.4) is 0 Å². The molecule has 0 aliphatic carbocycles. The monoisotopic (exact) mass is 216 g/mol. The number of aromatic nitrogens is 3. The molecule has 82 valence electrons. The highest BCUT2D eigenvalue weighted by atomic mass is 16.1. The number of hydrogen-bond donors (Lipinski definition) is 1. The first-order valence-corrected chi connectivity index (χ1v) is 5.39. The van der Waals surface area contributed by atoms with Crippen molar-refractivity contribution >= 4 is 11.2 Å². The summed E-state index contributed by atoms with van der Waals surface area (Å²) in [5.74, 6) is 0. The molecule has 1 aliphatic rings. The molecule has 0 saturated carbocycles. The first-order valence-electron chi connectivity index (χ1n) is 5.39. The van der Waals surface area contributed by atoms with Crippen LogP contribution in [0.2, 0.25) is 0 Å². The summed E-state index contributed by atoms with van der Waals surface area (Å²) < 4.78 is 1.75. The van der Waals surface area contributed by atoms with Crippen LogP contribution in [0.15, 0.2) is 29.3 Å². The second-order valence-corrected chi connectivity index (χ2v) is 3.96. The molecule has 1 atom stereocenters. The molecule has 1 aliphatic heterocycles. The Balaban J connectivity index is 2.27. The summed E-state index contributed by atoms with van der Waals surface area (Å²) in [6, 6.07) is 3.91. The predicted molar refractivity (Wildman–Crippen MR) is 60.3 cm³/mol. The van der Waals surface area contributed by atoms with Crippen molar-refractivity contribution in [3.8, 4) is 0 Å². The zero-order valence-corrected chi connectivity index (χ0v) is 8.76. The Morgan fingerprint density at radius 3 is 3.19 bits per heavy atom. The fourth-order valence-electron chi connectivity index (χ4n) is 2.18. The number of nitrogens with one attached hydrogen (secondary N) is 1. The van der Waals surface area contributed by atoms with Gasteiger partial charge < -0.3 is 5.32 Å². The van der Waals surface area contributed by atoms with Gasteiger partial charge in [-0.2, -0.15) is 0 Å². The third-order valence-corrected chi connectivity index (χ3v) is 2.95. The minimum Gasteiger partial charge on any atom is -0.315 e. The van der Waals surface area contributed by atoms with Gasteiger partial charge in [-0.3, -0.25) is 9.36 Å². The van der Waals surface area contributed by atoms with Gasteiger partial charge in [0.2, 0.25) is 0 Å². The molecule has 16 heavy (non-hydrogen) atoms. The van der Waals surface area contributed by atoms with Crippen LogP contribution >= 0.6 is 0 Å². The first-order chi connectivity index (χ1) is 7.86. The fourth-order valence-corrected chi connectivity index (χ4v) is 2.18. The maximum atomic E-state index is 11.9. The van der Waals surface area contributed by atoms with Crippen molar-refractivity contribution in [2.75, 3.05) is 13.1 Å². The molecule has 1 saturated heterocycles. The Kier molecular flexibility index (Phi) is 2.18. The first kappa shape index (κ1) is 9.47. The second kappa shape index (κ2) is 3.68. The molecule has 1 N–H and O–H groups in total. The third-order valence-electron chi connectivity index (χ3n) is 2.95. The van der Waals surface area contributed by atoms with Crippen molar-refractivity contribution in [2.45, 2.75) is 12.5 Å². The Morgan fingerprint density at radius 2 is 2.38 bits per heavy atom. The van der Waals surface area contributed by atoms with E-state index in [2.05, 4.69) is 15.3 Å². The quantitative estimate of drug-likeness (QED) is 0.746. The van der Waals surface area contributed by atoms with Crippen molar-refractivity contribution in [3.05, 3.63) is 34.9 Å². The summed E-state index contributed by atoms with van der Waals surface area (Å²) in [6.07, 6.45) is 4.04. The second-order valence-electron chi connectivity index (χ2n) is 3.96. The molecule has 1 fully saturated rings. The van der Waals surface area contributed by atoms with Crippen molar-refractivity contribution < 1.29 is 0 Å². The van der Waals surface area contributed by atoms with Gasteiger partial charge in [0.1, 0.15) is 5.52 Å². The van der Waals surface area contributed by atoms with Crippen LogP contribution in [0.25, 0.3) is 11.2 Å². The lowest BCUT2D eigenvalue weighted by molar-refractivity contribution is 0.541. The maximum absolute atomic E-state index is 11.9. The van der Waals surface area contributed by atoms with Crippen LogP contribution in [-0.4, -0.2) is 27.6 Å². The highest BCUT2D eigenvalue weighted by molar-refractivity contribution is 5.69. The van der Waals surface area contributed by atoms with E-state index >= 15 is 0 Å². The lowest BCUT2D eigenvalue weighted by Gasteiger charge is -2.14. The van der Waals surface area contributed by atoms with E-state index in [4.69, 9.17) is 0 Å². The number of fused-ring (bicyclic) bond motifs is 1. The Hall–Kier alpha value is -1.75. The number of rotatable bonds is 1. The van der Waals surface area contributed by atoms with E-state index < -0.39 is 0 Å². The van der Waals surface area contributed by atoms with Crippen molar-refractivity contribution in [1.82, 2.24) is 19.9 Å². The lowest BCUT2D eigenvalue weighted by Crippen LogP contribution is -2.27. The van der Waals surface area contributed by atoms with Crippen LogP contribution in [0.5, 0.6) is 0 Å². The average Bonchev–Trinajstić information content (AvgIpc) is 2.82. The zero-order chi connectivity index (χ0) is 11.0. The van der Waals surface area contributed by atoms with Gasteiger partial charge in [0, 0.05) is 12.7 Å². The number of nitrogens with zero attached hydrogens (tertiary/aromatic N) is 3. The van der Waals surface area contributed by atoms with E-state index in [1.54, 1.807) is 10.8 Å². The number of hydrogen-bond acceptors (Lipinski definition) is 4. The standard InChI is InChI=1S/C11H12N4O/c16-10-7-14-9-2-1-4-13-11(9)15(10)8-3-5-12-6-8/h1-2,4,7-8,12H,3,5-6H2. The van der Waals surface area contributed by atoms with E-state index in [9.17, 15) is 4.79 Å². The summed E-state index contributed by atoms with van der Waals surface area (Å²) in [6.45, 7) is 1.78. The van der Waals surface area contributed by atoms with Gasteiger partial charge >= 0.3 is 0 Å². The maximum Gasteiger partial charge on any atom is 0.270 e. The summed E-state index contributed by atoms with van der Waals surface area (Å²) in [4.78, 5) is 20.2. The molecule has 1 unspecified atom stereocenters. The lowest BCUT2D eigenvalue weighted by atomic mass is 10.2. The van der Waals surface area contributed by atoms with Gasteiger partial charge in [-0.25, -0.2) is 9.97 Å². The summed E-state index contributed by atoms with van der Waals surface area (Å²) in [5, 5.41) is 3.25. The highest BCUT2D eigenvalue weighted by Gasteiger charge is 2.19. The molecular formula is C11H12N4O. The molecule has 2 aromatic rings. The molecule has 5 nitrogen and oxygen atoms in total. The van der Waals surface area contributed by atoms with E-state index in [-0.39, 0.29) is 11.6 Å². The van der Waals surface area contributed by atoms with E-state index in [1.807, 2.05) is 12.1 Å².